The lowest BCUT2D eigenvalue weighted by Crippen LogP contribution is -2.47. The molecule has 1 aromatic rings. The van der Waals surface area contributed by atoms with E-state index in [1.54, 1.807) is 11.7 Å². The first-order valence-electron chi connectivity index (χ1n) is 7.98. The molecule has 2 aliphatic heterocycles. The first kappa shape index (κ1) is 14.4. The van der Waals surface area contributed by atoms with E-state index in [1.807, 2.05) is 6.92 Å². The lowest BCUT2D eigenvalue weighted by Gasteiger charge is -2.32. The minimum atomic E-state index is -0.0837. The number of nitrogen functional groups attached to an aromatic ring is 1. The van der Waals surface area contributed by atoms with Crippen LogP contribution in [0.5, 0.6) is 0 Å². The number of fused-ring (bicyclic) bond motifs is 1. The standard InChI is InChI=1S/C15H25N5O/c1-3-10-13(16)14(19(2)18-10)15(21)17-11-7-9-20-8-5-4-6-12(11)20/h11-12H,3-9,16H2,1-2H3,(H,17,21). The van der Waals surface area contributed by atoms with Gasteiger partial charge in [-0.3, -0.25) is 14.4 Å². The second kappa shape index (κ2) is 5.67. The Bertz CT molecular complexity index is 538. The Kier molecular flexibility index (Phi) is 3.89. The maximum atomic E-state index is 12.6. The van der Waals surface area contributed by atoms with Gasteiger partial charge in [0.2, 0.25) is 0 Å². The average Bonchev–Trinajstić information content (AvgIpc) is 3.00. The number of nitrogens with one attached hydrogen (secondary N) is 1. The number of amides is 1. The van der Waals surface area contributed by atoms with Crippen LogP contribution in [0.25, 0.3) is 0 Å². The minimum absolute atomic E-state index is 0.0837. The zero-order valence-electron chi connectivity index (χ0n) is 12.9. The molecule has 21 heavy (non-hydrogen) atoms. The summed E-state index contributed by atoms with van der Waals surface area (Å²) in [7, 11) is 1.78. The maximum Gasteiger partial charge on any atom is 0.271 e. The number of nitrogens with two attached hydrogens (primary N) is 1. The summed E-state index contributed by atoms with van der Waals surface area (Å²) < 4.78 is 1.61. The summed E-state index contributed by atoms with van der Waals surface area (Å²) in [6.07, 6.45) is 5.51. The van der Waals surface area contributed by atoms with Crippen molar-refractivity contribution in [2.24, 2.45) is 7.05 Å². The molecule has 2 fully saturated rings. The quantitative estimate of drug-likeness (QED) is 0.868. The number of carbonyl (C=O) groups excluding carboxylic acids is 1. The monoisotopic (exact) mass is 291 g/mol. The predicted octanol–water partition coefficient (Wildman–Crippen LogP) is 0.921. The van der Waals surface area contributed by atoms with Gasteiger partial charge in [-0.1, -0.05) is 13.3 Å². The topological polar surface area (TPSA) is 76.2 Å². The minimum Gasteiger partial charge on any atom is -0.395 e. The molecule has 0 bridgehead atoms. The molecule has 0 spiro atoms. The Morgan fingerprint density at radius 3 is 2.90 bits per heavy atom. The maximum absolute atomic E-state index is 12.6. The number of hydrogen-bond donors (Lipinski definition) is 2. The van der Waals surface area contributed by atoms with Gasteiger partial charge in [-0.05, 0) is 32.2 Å². The summed E-state index contributed by atoms with van der Waals surface area (Å²) in [5.74, 6) is -0.0837. The van der Waals surface area contributed by atoms with E-state index in [4.69, 9.17) is 5.73 Å². The van der Waals surface area contributed by atoms with Crippen molar-refractivity contribution in [3.8, 4) is 0 Å². The van der Waals surface area contributed by atoms with Gasteiger partial charge in [0.25, 0.3) is 5.91 Å². The van der Waals surface area contributed by atoms with Gasteiger partial charge in [-0.15, -0.1) is 0 Å². The molecular weight excluding hydrogens is 266 g/mol. The first-order chi connectivity index (χ1) is 10.1. The van der Waals surface area contributed by atoms with Gasteiger partial charge in [-0.2, -0.15) is 5.10 Å². The van der Waals surface area contributed by atoms with Crippen molar-refractivity contribution in [3.05, 3.63) is 11.4 Å². The molecule has 0 aromatic carbocycles. The van der Waals surface area contributed by atoms with Gasteiger partial charge >= 0.3 is 0 Å². The van der Waals surface area contributed by atoms with Crippen molar-refractivity contribution in [2.45, 2.75) is 51.1 Å². The summed E-state index contributed by atoms with van der Waals surface area (Å²) in [6, 6.07) is 0.750. The molecule has 6 nitrogen and oxygen atoms in total. The average molecular weight is 291 g/mol. The van der Waals surface area contributed by atoms with Gasteiger partial charge in [0.15, 0.2) is 0 Å². The van der Waals surface area contributed by atoms with E-state index in [9.17, 15) is 4.79 Å². The summed E-state index contributed by atoms with van der Waals surface area (Å²) in [5, 5.41) is 7.52. The summed E-state index contributed by atoms with van der Waals surface area (Å²) in [4.78, 5) is 15.1. The molecule has 0 saturated carbocycles. The smallest absolute Gasteiger partial charge is 0.271 e. The molecule has 6 heteroatoms. The highest BCUT2D eigenvalue weighted by molar-refractivity contribution is 5.98. The van der Waals surface area contributed by atoms with Crippen LogP contribution in [0.3, 0.4) is 0 Å². The molecule has 3 heterocycles. The Labute approximate surface area is 125 Å². The summed E-state index contributed by atoms with van der Waals surface area (Å²) in [6.45, 7) is 4.26. The molecular formula is C15H25N5O. The molecule has 3 rings (SSSR count). The van der Waals surface area contributed by atoms with Crippen LogP contribution in [0.1, 0.15) is 48.8 Å². The zero-order valence-corrected chi connectivity index (χ0v) is 12.9. The van der Waals surface area contributed by atoms with Crippen molar-refractivity contribution >= 4 is 11.6 Å². The highest BCUT2D eigenvalue weighted by Crippen LogP contribution is 2.27. The van der Waals surface area contributed by atoms with Gasteiger partial charge < -0.3 is 11.1 Å². The van der Waals surface area contributed by atoms with E-state index in [0.29, 0.717) is 17.4 Å². The molecule has 2 atom stereocenters. The third kappa shape index (κ3) is 2.52. The molecule has 1 amide bonds. The van der Waals surface area contributed by atoms with E-state index in [1.165, 1.54) is 25.8 Å². The molecule has 0 aliphatic carbocycles. The van der Waals surface area contributed by atoms with Crippen LogP contribution < -0.4 is 11.1 Å². The molecule has 1 aromatic heterocycles. The Morgan fingerprint density at radius 2 is 2.19 bits per heavy atom. The molecule has 0 radical (unpaired) electrons. The third-order valence-electron chi connectivity index (χ3n) is 4.88. The van der Waals surface area contributed by atoms with E-state index in [-0.39, 0.29) is 11.9 Å². The number of nitrogens with zero attached hydrogens (tertiary/aromatic N) is 3. The molecule has 3 N–H and O–H groups in total. The third-order valence-corrected chi connectivity index (χ3v) is 4.88. The Balaban J connectivity index is 1.73. The van der Waals surface area contributed by atoms with Crippen molar-refractivity contribution in [1.29, 1.82) is 0 Å². The Morgan fingerprint density at radius 1 is 1.38 bits per heavy atom. The van der Waals surface area contributed by atoms with Crippen LogP contribution in [-0.2, 0) is 13.5 Å². The number of aromatic nitrogens is 2. The van der Waals surface area contributed by atoms with Crippen molar-refractivity contribution in [3.63, 3.8) is 0 Å². The number of hydrogen-bond acceptors (Lipinski definition) is 4. The second-order valence-electron chi connectivity index (χ2n) is 6.15. The molecule has 2 saturated heterocycles. The fourth-order valence-corrected chi connectivity index (χ4v) is 3.78. The lowest BCUT2D eigenvalue weighted by molar-refractivity contribution is 0.0907. The van der Waals surface area contributed by atoms with E-state index in [0.717, 1.165) is 25.1 Å². The Hall–Kier alpha value is -1.56. The summed E-state index contributed by atoms with van der Waals surface area (Å²) in [5.41, 5.74) is 7.89. The fraction of sp³-hybridized carbons (Fsp3) is 0.733. The van der Waals surface area contributed by atoms with E-state index in [2.05, 4.69) is 15.3 Å². The van der Waals surface area contributed by atoms with Crippen molar-refractivity contribution < 1.29 is 4.79 Å². The summed E-state index contributed by atoms with van der Waals surface area (Å²) >= 11 is 0. The lowest BCUT2D eigenvalue weighted by atomic mass is 9.99. The van der Waals surface area contributed by atoms with Gasteiger partial charge in [0, 0.05) is 25.7 Å². The molecule has 2 unspecified atom stereocenters. The molecule has 2 aliphatic rings. The van der Waals surface area contributed by atoms with E-state index >= 15 is 0 Å². The molecule has 116 valence electrons. The highest BCUT2D eigenvalue weighted by atomic mass is 16.2. The van der Waals surface area contributed by atoms with Gasteiger partial charge in [0.1, 0.15) is 5.69 Å². The predicted molar refractivity (Wildman–Crippen MR) is 82.1 cm³/mol. The van der Waals surface area contributed by atoms with E-state index < -0.39 is 0 Å². The van der Waals surface area contributed by atoms with Crippen LogP contribution in [0, 0.1) is 0 Å². The van der Waals surface area contributed by atoms with Crippen LogP contribution in [-0.4, -0.2) is 45.8 Å². The number of anilines is 1. The second-order valence-corrected chi connectivity index (χ2v) is 6.15. The largest absolute Gasteiger partial charge is 0.395 e. The number of rotatable bonds is 3. The van der Waals surface area contributed by atoms with Crippen molar-refractivity contribution in [1.82, 2.24) is 20.0 Å². The first-order valence-corrected chi connectivity index (χ1v) is 7.98. The van der Waals surface area contributed by atoms with Crippen LogP contribution in [0.4, 0.5) is 5.69 Å². The van der Waals surface area contributed by atoms with Crippen LogP contribution in [0.2, 0.25) is 0 Å². The SMILES string of the molecule is CCc1nn(C)c(C(=O)NC2CCN3CCCCC23)c1N. The van der Waals surface area contributed by atoms with Crippen LogP contribution >= 0.6 is 0 Å². The van der Waals surface area contributed by atoms with Gasteiger partial charge in [0.05, 0.1) is 11.4 Å². The zero-order chi connectivity index (χ0) is 15.0. The van der Waals surface area contributed by atoms with Crippen molar-refractivity contribution in [2.75, 3.05) is 18.8 Å². The normalized spacial score (nSPS) is 25.8. The number of piperidine rings is 1. The highest BCUT2D eigenvalue weighted by Gasteiger charge is 2.37. The number of carbonyl (C=O) groups is 1. The van der Waals surface area contributed by atoms with Crippen LogP contribution in [0.15, 0.2) is 0 Å². The fourth-order valence-electron chi connectivity index (χ4n) is 3.78. The number of aryl methyl sites for hydroxylation is 2. The van der Waals surface area contributed by atoms with Gasteiger partial charge in [-0.25, -0.2) is 0 Å².